The molecule has 0 fully saturated rings. The summed E-state index contributed by atoms with van der Waals surface area (Å²) < 4.78 is 6.45. The summed E-state index contributed by atoms with van der Waals surface area (Å²) >= 11 is 0. The highest BCUT2D eigenvalue weighted by atomic mass is 16.5. The van der Waals surface area contributed by atoms with Crippen LogP contribution in [-0.4, -0.2) is 18.1 Å². The van der Waals surface area contributed by atoms with E-state index >= 15 is 0 Å². The van der Waals surface area contributed by atoms with Gasteiger partial charge in [-0.1, -0.05) is 30.4 Å². The van der Waals surface area contributed by atoms with Crippen LogP contribution in [0.25, 0.3) is 0 Å². The van der Waals surface area contributed by atoms with E-state index in [9.17, 15) is 0 Å². The van der Waals surface area contributed by atoms with Crippen molar-refractivity contribution in [3.63, 3.8) is 0 Å². The Bertz CT molecular complexity index is 785. The Balaban J connectivity index is 1.58. The van der Waals surface area contributed by atoms with Crippen LogP contribution in [0.3, 0.4) is 0 Å². The third-order valence-electron chi connectivity index (χ3n) is 6.36. The van der Waals surface area contributed by atoms with Crippen molar-refractivity contribution in [2.45, 2.75) is 57.1 Å². The lowest BCUT2D eigenvalue weighted by Crippen LogP contribution is -2.21. The quantitative estimate of drug-likeness (QED) is 0.708. The molecule has 2 heteroatoms. The van der Waals surface area contributed by atoms with Gasteiger partial charge in [0.15, 0.2) is 0 Å². The van der Waals surface area contributed by atoms with Gasteiger partial charge in [0.2, 0.25) is 0 Å². The van der Waals surface area contributed by atoms with E-state index in [1.165, 1.54) is 48.8 Å². The van der Waals surface area contributed by atoms with Gasteiger partial charge >= 0.3 is 0 Å². The Hall–Kier alpha value is -1.96. The van der Waals surface area contributed by atoms with Crippen LogP contribution in [0.5, 0.6) is 5.75 Å². The molecule has 124 valence electrons. The van der Waals surface area contributed by atoms with E-state index in [-0.39, 0.29) is 6.10 Å². The number of rotatable bonds is 1. The van der Waals surface area contributed by atoms with Crippen LogP contribution in [0.2, 0.25) is 0 Å². The molecule has 2 aliphatic heterocycles. The highest BCUT2D eigenvalue weighted by Gasteiger charge is 2.39. The first-order valence-electron chi connectivity index (χ1n) is 9.33. The summed E-state index contributed by atoms with van der Waals surface area (Å²) in [5, 5.41) is 0. The van der Waals surface area contributed by atoms with Crippen LogP contribution >= 0.6 is 0 Å². The second kappa shape index (κ2) is 5.27. The number of hydrogen-bond acceptors (Lipinski definition) is 2. The molecule has 0 N–H and O–H groups in total. The molecule has 2 aliphatic carbocycles. The summed E-state index contributed by atoms with van der Waals surface area (Å²) in [5.41, 5.74) is 7.48. The minimum Gasteiger partial charge on any atom is -0.485 e. The first-order valence-corrected chi connectivity index (χ1v) is 9.33. The molecular weight excluding hydrogens is 294 g/mol. The molecule has 1 aromatic carbocycles. The zero-order chi connectivity index (χ0) is 16.3. The van der Waals surface area contributed by atoms with E-state index in [2.05, 4.69) is 55.3 Å². The fourth-order valence-electron chi connectivity index (χ4n) is 5.09. The molecule has 0 amide bonds. The molecule has 24 heavy (non-hydrogen) atoms. The number of ether oxygens (including phenoxy) is 1. The normalized spacial score (nSPS) is 30.2. The van der Waals surface area contributed by atoms with Gasteiger partial charge < -0.3 is 9.64 Å². The second-order valence-corrected chi connectivity index (χ2v) is 7.68. The summed E-state index contributed by atoms with van der Waals surface area (Å²) in [6.07, 6.45) is 15.4. The number of nitrogens with zero attached hydrogens (tertiary/aromatic N) is 1. The van der Waals surface area contributed by atoms with Crippen LogP contribution in [0, 0.1) is 6.92 Å². The van der Waals surface area contributed by atoms with Crippen molar-refractivity contribution < 1.29 is 4.74 Å². The van der Waals surface area contributed by atoms with Crippen LogP contribution in [0.4, 0.5) is 0 Å². The summed E-state index contributed by atoms with van der Waals surface area (Å²) in [6.45, 7) is 2.25. The molecule has 5 rings (SSSR count). The Kier molecular flexibility index (Phi) is 3.16. The molecule has 3 unspecified atom stereocenters. The van der Waals surface area contributed by atoms with E-state index in [1.807, 2.05) is 0 Å². The number of benzene rings is 1. The summed E-state index contributed by atoms with van der Waals surface area (Å²) in [7, 11) is 2.29. The predicted molar refractivity (Wildman–Crippen MR) is 97.2 cm³/mol. The Morgan fingerprint density at radius 1 is 1.08 bits per heavy atom. The molecule has 2 heterocycles. The molecule has 4 aliphatic rings. The second-order valence-electron chi connectivity index (χ2n) is 7.68. The highest BCUT2D eigenvalue weighted by molar-refractivity contribution is 5.56. The van der Waals surface area contributed by atoms with Crippen molar-refractivity contribution in [2.75, 3.05) is 7.05 Å². The molecule has 1 aromatic rings. The van der Waals surface area contributed by atoms with Crippen LogP contribution in [0.1, 0.15) is 60.8 Å². The topological polar surface area (TPSA) is 12.5 Å². The van der Waals surface area contributed by atoms with Gasteiger partial charge in [0.05, 0.1) is 6.04 Å². The van der Waals surface area contributed by atoms with Crippen molar-refractivity contribution in [1.29, 1.82) is 0 Å². The van der Waals surface area contributed by atoms with Gasteiger partial charge in [-0.25, -0.2) is 0 Å². The number of hydrogen-bond donors (Lipinski definition) is 0. The van der Waals surface area contributed by atoms with Crippen molar-refractivity contribution in [3.8, 4) is 5.75 Å². The fourth-order valence-corrected chi connectivity index (χ4v) is 5.09. The SMILES string of the molecule is Cc1ccc2c(c1C1CC3=C(CCCC3)N1C)OC1C=CC=CC21. The van der Waals surface area contributed by atoms with Crippen molar-refractivity contribution >= 4 is 0 Å². The minimum atomic E-state index is 0.180. The van der Waals surface area contributed by atoms with Crippen LogP contribution in [-0.2, 0) is 0 Å². The third kappa shape index (κ3) is 1.95. The average molecular weight is 319 g/mol. The Labute approximate surface area is 144 Å². The van der Waals surface area contributed by atoms with Gasteiger partial charge in [0, 0.05) is 29.8 Å². The smallest absolute Gasteiger partial charge is 0.129 e. The molecular formula is C22H25NO. The molecule has 0 bridgehead atoms. The van der Waals surface area contributed by atoms with E-state index in [0.717, 1.165) is 5.75 Å². The van der Waals surface area contributed by atoms with Crippen molar-refractivity contribution in [2.24, 2.45) is 0 Å². The first kappa shape index (κ1) is 14.4. The first-order chi connectivity index (χ1) is 11.7. The lowest BCUT2D eigenvalue weighted by Gasteiger charge is -2.29. The molecule has 2 nitrogen and oxygen atoms in total. The summed E-state index contributed by atoms with van der Waals surface area (Å²) in [5.74, 6) is 1.55. The van der Waals surface area contributed by atoms with E-state index in [4.69, 9.17) is 4.74 Å². The van der Waals surface area contributed by atoms with Gasteiger partial charge in [-0.2, -0.15) is 0 Å². The lowest BCUT2D eigenvalue weighted by molar-refractivity contribution is 0.256. The standard InChI is InChI=1S/C22H25NO/c1-14-11-12-17-16-8-4-6-10-20(16)24-22(17)21(14)19-13-15-7-3-5-9-18(15)23(19)2/h4,6,8,10-12,16,19-20H,3,5,7,9,13H2,1-2H3. The molecule has 0 spiro atoms. The van der Waals surface area contributed by atoms with Gasteiger partial charge in [-0.05, 0) is 56.2 Å². The maximum Gasteiger partial charge on any atom is 0.129 e. The monoisotopic (exact) mass is 319 g/mol. The maximum atomic E-state index is 6.45. The van der Waals surface area contributed by atoms with Crippen LogP contribution < -0.4 is 4.74 Å². The molecule has 0 aromatic heterocycles. The maximum absolute atomic E-state index is 6.45. The van der Waals surface area contributed by atoms with Crippen LogP contribution in [0.15, 0.2) is 47.7 Å². The lowest BCUT2D eigenvalue weighted by atomic mass is 9.87. The number of allylic oxidation sites excluding steroid dienone is 3. The van der Waals surface area contributed by atoms with Gasteiger partial charge in [0.25, 0.3) is 0 Å². The van der Waals surface area contributed by atoms with Gasteiger partial charge in [0.1, 0.15) is 11.9 Å². The zero-order valence-corrected chi connectivity index (χ0v) is 14.6. The van der Waals surface area contributed by atoms with E-state index in [1.54, 1.807) is 11.3 Å². The largest absolute Gasteiger partial charge is 0.485 e. The Morgan fingerprint density at radius 3 is 2.79 bits per heavy atom. The van der Waals surface area contributed by atoms with E-state index < -0.39 is 0 Å². The molecule has 0 radical (unpaired) electrons. The number of fused-ring (bicyclic) bond motifs is 3. The predicted octanol–water partition coefficient (Wildman–Crippen LogP) is 5.17. The van der Waals surface area contributed by atoms with Gasteiger partial charge in [-0.15, -0.1) is 0 Å². The van der Waals surface area contributed by atoms with Gasteiger partial charge in [-0.3, -0.25) is 0 Å². The summed E-state index contributed by atoms with van der Waals surface area (Å²) in [6, 6.07) is 5.04. The Morgan fingerprint density at radius 2 is 1.92 bits per heavy atom. The summed E-state index contributed by atoms with van der Waals surface area (Å²) in [4.78, 5) is 2.55. The number of aryl methyl sites for hydroxylation is 1. The van der Waals surface area contributed by atoms with Crippen molar-refractivity contribution in [3.05, 3.63) is 64.4 Å². The zero-order valence-electron chi connectivity index (χ0n) is 14.6. The average Bonchev–Trinajstić information content (AvgIpc) is 3.13. The molecule has 3 atom stereocenters. The van der Waals surface area contributed by atoms with Crippen molar-refractivity contribution in [1.82, 2.24) is 4.90 Å². The fraction of sp³-hybridized carbons (Fsp3) is 0.455. The minimum absolute atomic E-state index is 0.180. The third-order valence-corrected chi connectivity index (χ3v) is 6.36. The molecule has 0 saturated heterocycles. The van der Waals surface area contributed by atoms with E-state index in [0.29, 0.717) is 12.0 Å². The molecule has 0 saturated carbocycles. The highest BCUT2D eigenvalue weighted by Crippen LogP contribution is 2.51.